The lowest BCUT2D eigenvalue weighted by Crippen LogP contribution is -2.00. The van der Waals surface area contributed by atoms with Crippen LogP contribution in [0.3, 0.4) is 0 Å². The Bertz CT molecular complexity index is 955. The highest BCUT2D eigenvalue weighted by atomic mass is 35.5. The minimum absolute atomic E-state index is 0.374. The van der Waals surface area contributed by atoms with E-state index in [1.54, 1.807) is 6.21 Å². The summed E-state index contributed by atoms with van der Waals surface area (Å²) in [6.07, 6.45) is 1.80. The van der Waals surface area contributed by atoms with Crippen LogP contribution in [0.25, 0.3) is 0 Å². The van der Waals surface area contributed by atoms with Crippen molar-refractivity contribution < 1.29 is 14.2 Å². The van der Waals surface area contributed by atoms with Gasteiger partial charge in [0.2, 0.25) is 0 Å². The number of rotatable bonds is 9. The molecule has 4 nitrogen and oxygen atoms in total. The molecule has 3 aromatic rings. The minimum atomic E-state index is 0.374. The van der Waals surface area contributed by atoms with Gasteiger partial charge in [-0.1, -0.05) is 29.8 Å². The maximum Gasteiger partial charge on any atom is 0.161 e. The first-order chi connectivity index (χ1) is 14.2. The first-order valence-electron chi connectivity index (χ1n) is 9.59. The van der Waals surface area contributed by atoms with E-state index in [1.807, 2.05) is 80.6 Å². The second-order valence-corrected chi connectivity index (χ2v) is 6.61. The third-order valence-corrected chi connectivity index (χ3v) is 4.49. The van der Waals surface area contributed by atoms with Gasteiger partial charge in [0.25, 0.3) is 0 Å². The molecule has 5 heteroatoms. The molecule has 0 fully saturated rings. The molecule has 0 aromatic heterocycles. The average molecular weight is 410 g/mol. The predicted molar refractivity (Wildman–Crippen MR) is 118 cm³/mol. The maximum absolute atomic E-state index is 6.21. The van der Waals surface area contributed by atoms with Crippen molar-refractivity contribution >= 4 is 23.5 Å². The highest BCUT2D eigenvalue weighted by molar-refractivity contribution is 6.31. The molecule has 0 unspecified atom stereocenters. The lowest BCUT2D eigenvalue weighted by Gasteiger charge is -2.13. The van der Waals surface area contributed by atoms with Gasteiger partial charge in [-0.15, -0.1) is 0 Å². The fraction of sp³-hybridized carbons (Fsp3) is 0.208. The van der Waals surface area contributed by atoms with E-state index >= 15 is 0 Å². The van der Waals surface area contributed by atoms with Crippen molar-refractivity contribution in [1.29, 1.82) is 0 Å². The van der Waals surface area contributed by atoms with Crippen molar-refractivity contribution in [1.82, 2.24) is 0 Å². The molecule has 0 amide bonds. The Hall–Kier alpha value is -2.98. The summed E-state index contributed by atoms with van der Waals surface area (Å²) in [7, 11) is 0. The zero-order chi connectivity index (χ0) is 20.5. The van der Waals surface area contributed by atoms with Gasteiger partial charge in [0.05, 0.1) is 18.9 Å². The van der Waals surface area contributed by atoms with Crippen LogP contribution < -0.4 is 14.2 Å². The summed E-state index contributed by atoms with van der Waals surface area (Å²) in [5.41, 5.74) is 2.70. The van der Waals surface area contributed by atoms with Crippen molar-refractivity contribution in [3.05, 3.63) is 82.9 Å². The number of hydrogen-bond donors (Lipinski definition) is 0. The molecular formula is C24H24ClNO3. The summed E-state index contributed by atoms with van der Waals surface area (Å²) in [4.78, 5) is 4.52. The van der Waals surface area contributed by atoms with Crippen LogP contribution in [0.5, 0.6) is 17.2 Å². The van der Waals surface area contributed by atoms with E-state index < -0.39 is 0 Å². The van der Waals surface area contributed by atoms with E-state index in [-0.39, 0.29) is 0 Å². The van der Waals surface area contributed by atoms with Crippen molar-refractivity contribution in [3.8, 4) is 17.2 Å². The van der Waals surface area contributed by atoms with Gasteiger partial charge in [0.15, 0.2) is 11.5 Å². The zero-order valence-corrected chi connectivity index (χ0v) is 17.4. The van der Waals surface area contributed by atoms with Gasteiger partial charge in [-0.2, -0.15) is 0 Å². The van der Waals surface area contributed by atoms with Gasteiger partial charge < -0.3 is 14.2 Å². The average Bonchev–Trinajstić information content (AvgIpc) is 2.74. The Labute approximate surface area is 176 Å². The number of benzene rings is 3. The smallest absolute Gasteiger partial charge is 0.161 e. The predicted octanol–water partition coefficient (Wildman–Crippen LogP) is 6.47. The second-order valence-electron chi connectivity index (χ2n) is 6.20. The van der Waals surface area contributed by atoms with Crippen molar-refractivity contribution in [2.45, 2.75) is 20.5 Å². The van der Waals surface area contributed by atoms with Crippen LogP contribution in [0.1, 0.15) is 25.0 Å². The van der Waals surface area contributed by atoms with Crippen LogP contribution >= 0.6 is 11.6 Å². The van der Waals surface area contributed by atoms with Crippen LogP contribution in [0.2, 0.25) is 5.02 Å². The van der Waals surface area contributed by atoms with Crippen LogP contribution in [-0.4, -0.2) is 19.4 Å². The topological polar surface area (TPSA) is 40.0 Å². The van der Waals surface area contributed by atoms with Crippen LogP contribution in [0.4, 0.5) is 5.69 Å². The summed E-state index contributed by atoms with van der Waals surface area (Å²) in [5.74, 6) is 2.19. The van der Waals surface area contributed by atoms with Gasteiger partial charge >= 0.3 is 0 Å². The van der Waals surface area contributed by atoms with Crippen LogP contribution in [-0.2, 0) is 6.61 Å². The summed E-state index contributed by atoms with van der Waals surface area (Å²) < 4.78 is 17.1. The molecule has 3 aromatic carbocycles. The fourth-order valence-corrected chi connectivity index (χ4v) is 2.90. The van der Waals surface area contributed by atoms with Gasteiger partial charge in [0.1, 0.15) is 12.4 Å². The monoisotopic (exact) mass is 409 g/mol. The van der Waals surface area contributed by atoms with Gasteiger partial charge in [0, 0.05) is 16.8 Å². The molecular weight excluding hydrogens is 386 g/mol. The highest BCUT2D eigenvalue weighted by Gasteiger charge is 2.08. The molecule has 0 radical (unpaired) electrons. The van der Waals surface area contributed by atoms with Gasteiger partial charge in [-0.25, -0.2) is 0 Å². The fourth-order valence-electron chi connectivity index (χ4n) is 2.71. The molecule has 0 saturated carbocycles. The maximum atomic E-state index is 6.21. The zero-order valence-electron chi connectivity index (χ0n) is 16.6. The van der Waals surface area contributed by atoms with Crippen molar-refractivity contribution in [2.24, 2.45) is 4.99 Å². The minimum Gasteiger partial charge on any atom is -0.494 e. The lowest BCUT2D eigenvalue weighted by molar-refractivity contribution is 0.269. The highest BCUT2D eigenvalue weighted by Crippen LogP contribution is 2.30. The van der Waals surface area contributed by atoms with E-state index in [0.29, 0.717) is 36.3 Å². The number of halogens is 1. The Kier molecular flexibility index (Phi) is 7.54. The first-order valence-corrected chi connectivity index (χ1v) is 9.97. The molecule has 29 heavy (non-hydrogen) atoms. The van der Waals surface area contributed by atoms with Crippen molar-refractivity contribution in [3.63, 3.8) is 0 Å². The molecule has 0 saturated heterocycles. The van der Waals surface area contributed by atoms with E-state index in [2.05, 4.69) is 4.99 Å². The quantitative estimate of drug-likeness (QED) is 0.380. The SMILES string of the molecule is CCOc1ccc(N=Cc2ccc(OCc3ccccc3Cl)c(OCC)c2)cc1. The number of aliphatic imine (C=N–C) groups is 1. The first kappa shape index (κ1) is 20.7. The molecule has 150 valence electrons. The second kappa shape index (κ2) is 10.5. The van der Waals surface area contributed by atoms with E-state index in [4.69, 9.17) is 25.8 Å². The van der Waals surface area contributed by atoms with E-state index in [0.717, 1.165) is 22.6 Å². The molecule has 0 N–H and O–H groups in total. The van der Waals surface area contributed by atoms with E-state index in [9.17, 15) is 0 Å². The van der Waals surface area contributed by atoms with Crippen LogP contribution in [0, 0.1) is 0 Å². The molecule has 0 aliphatic carbocycles. The molecule has 0 heterocycles. The summed E-state index contributed by atoms with van der Waals surface area (Å²) in [6.45, 7) is 5.47. The van der Waals surface area contributed by atoms with Crippen molar-refractivity contribution in [2.75, 3.05) is 13.2 Å². The Morgan fingerprint density at radius 1 is 0.828 bits per heavy atom. The van der Waals surface area contributed by atoms with E-state index in [1.165, 1.54) is 0 Å². The normalized spacial score (nSPS) is 10.9. The molecule has 0 aliphatic heterocycles. The molecule has 0 aliphatic rings. The molecule has 3 rings (SSSR count). The third-order valence-electron chi connectivity index (χ3n) is 4.12. The Balaban J connectivity index is 1.72. The number of nitrogens with zero attached hydrogens (tertiary/aromatic N) is 1. The third kappa shape index (κ3) is 6.00. The summed E-state index contributed by atoms with van der Waals surface area (Å²) >= 11 is 6.21. The number of ether oxygens (including phenoxy) is 3. The molecule has 0 bridgehead atoms. The lowest BCUT2D eigenvalue weighted by atomic mass is 10.2. The Morgan fingerprint density at radius 3 is 2.31 bits per heavy atom. The largest absolute Gasteiger partial charge is 0.494 e. The van der Waals surface area contributed by atoms with Gasteiger partial charge in [-0.3, -0.25) is 4.99 Å². The summed E-state index contributed by atoms with van der Waals surface area (Å²) in [6, 6.07) is 21.1. The van der Waals surface area contributed by atoms with Gasteiger partial charge in [-0.05, 0) is 67.9 Å². The Morgan fingerprint density at radius 2 is 1.59 bits per heavy atom. The summed E-state index contributed by atoms with van der Waals surface area (Å²) in [5, 5.41) is 0.685. The standard InChI is InChI=1S/C24H24ClNO3/c1-3-27-21-12-10-20(11-13-21)26-16-18-9-14-23(24(15-18)28-4-2)29-17-19-7-5-6-8-22(19)25/h5-16H,3-4,17H2,1-2H3. The molecule has 0 atom stereocenters. The van der Waals surface area contributed by atoms with Crippen LogP contribution in [0.15, 0.2) is 71.7 Å². The molecule has 0 spiro atoms. The number of hydrogen-bond acceptors (Lipinski definition) is 4.